The first-order chi connectivity index (χ1) is 7.24. The molecule has 0 spiro atoms. The Hall–Kier alpha value is -0.150. The maximum absolute atomic E-state index is 12.9. The van der Waals surface area contributed by atoms with E-state index in [9.17, 15) is 9.50 Å². The zero-order chi connectivity index (χ0) is 10.7. The van der Waals surface area contributed by atoms with Gasteiger partial charge in [-0.05, 0) is 51.4 Å². The maximum Gasteiger partial charge on any atom is 0.100 e. The predicted molar refractivity (Wildman–Crippen MR) is 56.5 cm³/mol. The summed E-state index contributed by atoms with van der Waals surface area (Å²) in [4.78, 5) is 0. The van der Waals surface area contributed by atoms with Crippen LogP contribution in [0.2, 0.25) is 0 Å². The number of halogens is 1. The van der Waals surface area contributed by atoms with Crippen LogP contribution in [0.15, 0.2) is 0 Å². The topological polar surface area (TPSA) is 29.5 Å². The number of ether oxygens (including phenoxy) is 1. The molecule has 0 aromatic carbocycles. The summed E-state index contributed by atoms with van der Waals surface area (Å²) >= 11 is 0. The molecule has 0 aromatic heterocycles. The SMILES string of the molecule is OC1CCC(OC2CCC(F)CC2)CC1. The van der Waals surface area contributed by atoms with Gasteiger partial charge in [0.05, 0.1) is 18.3 Å². The van der Waals surface area contributed by atoms with Crippen molar-refractivity contribution in [3.8, 4) is 0 Å². The molecule has 2 aliphatic carbocycles. The van der Waals surface area contributed by atoms with Gasteiger partial charge < -0.3 is 9.84 Å². The van der Waals surface area contributed by atoms with Gasteiger partial charge in [-0.2, -0.15) is 0 Å². The van der Waals surface area contributed by atoms with Gasteiger partial charge in [0.1, 0.15) is 6.17 Å². The fourth-order valence-corrected chi connectivity index (χ4v) is 2.61. The maximum atomic E-state index is 12.9. The number of alkyl halides is 1. The zero-order valence-corrected chi connectivity index (χ0v) is 9.20. The number of aliphatic hydroxyl groups excluding tert-OH is 1. The van der Waals surface area contributed by atoms with E-state index in [1.807, 2.05) is 0 Å². The fourth-order valence-electron chi connectivity index (χ4n) is 2.61. The summed E-state index contributed by atoms with van der Waals surface area (Å²) in [5.74, 6) is 0. The second kappa shape index (κ2) is 5.26. The quantitative estimate of drug-likeness (QED) is 0.768. The van der Waals surface area contributed by atoms with Gasteiger partial charge in [0.2, 0.25) is 0 Å². The average Bonchev–Trinajstić information content (AvgIpc) is 2.25. The standard InChI is InChI=1S/C12H21FO2/c13-9-1-5-11(6-2-9)15-12-7-3-10(14)4-8-12/h9-12,14H,1-8H2. The molecule has 0 atom stereocenters. The zero-order valence-electron chi connectivity index (χ0n) is 9.20. The van der Waals surface area contributed by atoms with E-state index < -0.39 is 6.17 Å². The van der Waals surface area contributed by atoms with Gasteiger partial charge in [0.25, 0.3) is 0 Å². The van der Waals surface area contributed by atoms with E-state index in [1.165, 1.54) is 0 Å². The minimum atomic E-state index is -0.599. The molecule has 0 aromatic rings. The molecule has 0 radical (unpaired) electrons. The van der Waals surface area contributed by atoms with Crippen molar-refractivity contribution in [2.75, 3.05) is 0 Å². The molecule has 0 unspecified atom stereocenters. The van der Waals surface area contributed by atoms with Crippen molar-refractivity contribution in [2.24, 2.45) is 0 Å². The third-order valence-electron chi connectivity index (χ3n) is 3.63. The molecule has 0 saturated heterocycles. The lowest BCUT2D eigenvalue weighted by Crippen LogP contribution is -2.31. The first kappa shape index (κ1) is 11.3. The van der Waals surface area contributed by atoms with Crippen LogP contribution in [-0.2, 0) is 4.74 Å². The van der Waals surface area contributed by atoms with Gasteiger partial charge in [0.15, 0.2) is 0 Å². The molecule has 2 fully saturated rings. The van der Waals surface area contributed by atoms with Crippen LogP contribution in [-0.4, -0.2) is 29.6 Å². The Labute approximate surface area is 90.8 Å². The Bertz CT molecular complexity index is 162. The molecule has 0 bridgehead atoms. The van der Waals surface area contributed by atoms with E-state index in [0.717, 1.165) is 38.5 Å². The van der Waals surface area contributed by atoms with Crippen LogP contribution in [0.5, 0.6) is 0 Å². The molecule has 2 aliphatic rings. The van der Waals surface area contributed by atoms with Crippen molar-refractivity contribution in [1.29, 1.82) is 0 Å². The van der Waals surface area contributed by atoms with Crippen LogP contribution in [0.3, 0.4) is 0 Å². The first-order valence-electron chi connectivity index (χ1n) is 6.21. The highest BCUT2D eigenvalue weighted by molar-refractivity contribution is 4.76. The Morgan fingerprint density at radius 2 is 1.27 bits per heavy atom. The molecule has 2 nitrogen and oxygen atoms in total. The van der Waals surface area contributed by atoms with E-state index in [1.54, 1.807) is 0 Å². The molecule has 0 aliphatic heterocycles. The second-order valence-electron chi connectivity index (χ2n) is 4.94. The number of hydrogen-bond donors (Lipinski definition) is 1. The lowest BCUT2D eigenvalue weighted by atomic mass is 9.93. The van der Waals surface area contributed by atoms with Crippen molar-refractivity contribution in [3.63, 3.8) is 0 Å². The summed E-state index contributed by atoms with van der Waals surface area (Å²) in [6.07, 6.45) is 6.62. The Morgan fingerprint density at radius 3 is 1.80 bits per heavy atom. The highest BCUT2D eigenvalue weighted by Crippen LogP contribution is 2.28. The summed E-state index contributed by atoms with van der Waals surface area (Å²) < 4.78 is 18.8. The van der Waals surface area contributed by atoms with Crippen molar-refractivity contribution in [1.82, 2.24) is 0 Å². The highest BCUT2D eigenvalue weighted by Gasteiger charge is 2.26. The fraction of sp³-hybridized carbons (Fsp3) is 1.00. The Balaban J connectivity index is 1.68. The molecule has 2 saturated carbocycles. The van der Waals surface area contributed by atoms with Crippen LogP contribution in [0, 0.1) is 0 Å². The lowest BCUT2D eigenvalue weighted by Gasteiger charge is -2.32. The lowest BCUT2D eigenvalue weighted by molar-refractivity contribution is -0.0663. The van der Waals surface area contributed by atoms with Gasteiger partial charge >= 0.3 is 0 Å². The number of hydrogen-bond acceptors (Lipinski definition) is 2. The molecule has 88 valence electrons. The molecule has 3 heteroatoms. The van der Waals surface area contributed by atoms with Gasteiger partial charge in [-0.3, -0.25) is 0 Å². The summed E-state index contributed by atoms with van der Waals surface area (Å²) in [7, 11) is 0. The second-order valence-corrected chi connectivity index (χ2v) is 4.94. The van der Waals surface area contributed by atoms with E-state index in [0.29, 0.717) is 18.9 Å². The van der Waals surface area contributed by atoms with Gasteiger partial charge in [-0.15, -0.1) is 0 Å². The van der Waals surface area contributed by atoms with Crippen molar-refractivity contribution in [3.05, 3.63) is 0 Å². The van der Waals surface area contributed by atoms with E-state index in [2.05, 4.69) is 0 Å². The summed E-state index contributed by atoms with van der Waals surface area (Å²) in [5.41, 5.74) is 0. The molecule has 15 heavy (non-hydrogen) atoms. The highest BCUT2D eigenvalue weighted by atomic mass is 19.1. The molecule has 0 heterocycles. The smallest absolute Gasteiger partial charge is 0.100 e. The Morgan fingerprint density at radius 1 is 0.800 bits per heavy atom. The van der Waals surface area contributed by atoms with Crippen LogP contribution < -0.4 is 0 Å². The van der Waals surface area contributed by atoms with Crippen molar-refractivity contribution >= 4 is 0 Å². The van der Waals surface area contributed by atoms with Gasteiger partial charge in [-0.25, -0.2) is 4.39 Å². The average molecular weight is 216 g/mol. The number of aliphatic hydroxyl groups is 1. The third-order valence-corrected chi connectivity index (χ3v) is 3.63. The van der Waals surface area contributed by atoms with Crippen LogP contribution in [0.25, 0.3) is 0 Å². The minimum Gasteiger partial charge on any atom is -0.393 e. The predicted octanol–water partition coefficient (Wildman–Crippen LogP) is 2.59. The molecular weight excluding hydrogens is 195 g/mol. The third kappa shape index (κ3) is 3.42. The molecular formula is C12H21FO2. The number of rotatable bonds is 2. The van der Waals surface area contributed by atoms with Crippen LogP contribution in [0.1, 0.15) is 51.4 Å². The summed E-state index contributed by atoms with van der Waals surface area (Å²) in [5, 5.41) is 9.36. The van der Waals surface area contributed by atoms with Crippen molar-refractivity contribution in [2.45, 2.75) is 75.9 Å². The normalized spacial score (nSPS) is 42.8. The molecule has 1 N–H and O–H groups in total. The minimum absolute atomic E-state index is 0.119. The van der Waals surface area contributed by atoms with Gasteiger partial charge in [0, 0.05) is 0 Å². The van der Waals surface area contributed by atoms with Crippen LogP contribution in [0.4, 0.5) is 4.39 Å². The van der Waals surface area contributed by atoms with Crippen molar-refractivity contribution < 1.29 is 14.2 Å². The molecule has 2 rings (SSSR count). The van der Waals surface area contributed by atoms with Crippen LogP contribution >= 0.6 is 0 Å². The van der Waals surface area contributed by atoms with E-state index in [-0.39, 0.29) is 12.2 Å². The summed E-state index contributed by atoms with van der Waals surface area (Å²) in [6, 6.07) is 0. The monoisotopic (exact) mass is 216 g/mol. The Kier molecular flexibility index (Phi) is 3.98. The largest absolute Gasteiger partial charge is 0.393 e. The van der Waals surface area contributed by atoms with Gasteiger partial charge in [-0.1, -0.05) is 0 Å². The van der Waals surface area contributed by atoms with E-state index >= 15 is 0 Å². The molecule has 0 amide bonds. The first-order valence-corrected chi connectivity index (χ1v) is 6.21. The summed E-state index contributed by atoms with van der Waals surface area (Å²) in [6.45, 7) is 0. The van der Waals surface area contributed by atoms with E-state index in [4.69, 9.17) is 4.74 Å².